The molecule has 0 spiro atoms. The van der Waals surface area contributed by atoms with Crippen molar-refractivity contribution in [1.29, 1.82) is 0 Å². The fourth-order valence-electron chi connectivity index (χ4n) is 1.84. The van der Waals surface area contributed by atoms with Crippen LogP contribution in [0.15, 0.2) is 0 Å². The van der Waals surface area contributed by atoms with Crippen molar-refractivity contribution in [3.05, 3.63) is 0 Å². The number of carbonyl (C=O) groups is 2. The third-order valence-electron chi connectivity index (χ3n) is 3.06. The summed E-state index contributed by atoms with van der Waals surface area (Å²) >= 11 is 0. The van der Waals surface area contributed by atoms with Gasteiger partial charge >= 0.3 is 5.97 Å². The van der Waals surface area contributed by atoms with Gasteiger partial charge in [0.25, 0.3) is 0 Å². The minimum absolute atomic E-state index is 0.110. The summed E-state index contributed by atoms with van der Waals surface area (Å²) in [6.07, 6.45) is 0. The van der Waals surface area contributed by atoms with Crippen molar-refractivity contribution in [2.45, 2.75) is 27.7 Å². The summed E-state index contributed by atoms with van der Waals surface area (Å²) in [5.74, 6) is -0.331. The maximum Gasteiger partial charge on any atom is 0.309 e. The van der Waals surface area contributed by atoms with Crippen LogP contribution < -0.4 is 0 Å². The molecule has 0 N–H and O–H groups in total. The Balaban J connectivity index is 4.34. The smallest absolute Gasteiger partial charge is 0.309 e. The van der Waals surface area contributed by atoms with Crippen molar-refractivity contribution in [3.8, 4) is 0 Å². The molecular formula is C13H26N2O3. The average molecular weight is 258 g/mol. The normalized spacial score (nSPS) is 12.3. The molecule has 0 aliphatic heterocycles. The van der Waals surface area contributed by atoms with Gasteiger partial charge in [0, 0.05) is 19.6 Å². The predicted octanol–water partition coefficient (Wildman–Crippen LogP) is 0.986. The Labute approximate surface area is 110 Å². The van der Waals surface area contributed by atoms with Gasteiger partial charge in [0.1, 0.15) is 0 Å². The lowest BCUT2D eigenvalue weighted by Crippen LogP contribution is -2.42. The Morgan fingerprint density at radius 3 is 2.06 bits per heavy atom. The van der Waals surface area contributed by atoms with Gasteiger partial charge in [0.05, 0.1) is 19.6 Å². The Morgan fingerprint density at radius 1 is 1.11 bits per heavy atom. The summed E-state index contributed by atoms with van der Waals surface area (Å²) in [6.45, 7) is 10.8. The summed E-state index contributed by atoms with van der Waals surface area (Å²) in [6, 6.07) is 0. The number of rotatable bonds is 8. The number of ether oxygens (including phenoxy) is 1. The van der Waals surface area contributed by atoms with E-state index < -0.39 is 0 Å². The minimum atomic E-state index is -0.233. The van der Waals surface area contributed by atoms with E-state index in [4.69, 9.17) is 4.74 Å². The van der Waals surface area contributed by atoms with Crippen molar-refractivity contribution in [1.82, 2.24) is 9.80 Å². The van der Waals surface area contributed by atoms with E-state index in [1.807, 2.05) is 32.6 Å². The van der Waals surface area contributed by atoms with Crippen LogP contribution in [0.5, 0.6) is 0 Å². The van der Waals surface area contributed by atoms with Crippen LogP contribution in [-0.2, 0) is 14.3 Å². The third-order valence-corrected chi connectivity index (χ3v) is 3.06. The van der Waals surface area contributed by atoms with Crippen LogP contribution in [0, 0.1) is 5.92 Å². The number of hydrogen-bond donors (Lipinski definition) is 0. The summed E-state index contributed by atoms with van der Waals surface area (Å²) in [5.41, 5.74) is 0. The molecule has 0 saturated carbocycles. The third kappa shape index (κ3) is 5.49. The SMILES string of the molecule is CCN(CC(=O)N(CC)CC)CC(C)C(=O)OC. The van der Waals surface area contributed by atoms with Crippen molar-refractivity contribution in [2.24, 2.45) is 5.92 Å². The lowest BCUT2D eigenvalue weighted by Gasteiger charge is -2.26. The Kier molecular flexibility index (Phi) is 8.37. The van der Waals surface area contributed by atoms with Crippen LogP contribution in [0.3, 0.4) is 0 Å². The van der Waals surface area contributed by atoms with Gasteiger partial charge in [-0.25, -0.2) is 0 Å². The highest BCUT2D eigenvalue weighted by molar-refractivity contribution is 5.78. The molecule has 18 heavy (non-hydrogen) atoms. The number of esters is 1. The van der Waals surface area contributed by atoms with E-state index in [0.29, 0.717) is 13.1 Å². The summed E-state index contributed by atoms with van der Waals surface area (Å²) in [5, 5.41) is 0. The van der Waals surface area contributed by atoms with E-state index in [1.165, 1.54) is 7.11 Å². The van der Waals surface area contributed by atoms with Crippen LogP contribution in [-0.4, -0.2) is 61.5 Å². The minimum Gasteiger partial charge on any atom is -0.469 e. The Morgan fingerprint density at radius 2 is 1.67 bits per heavy atom. The molecule has 0 saturated heterocycles. The first-order valence-corrected chi connectivity index (χ1v) is 6.57. The second-order valence-corrected chi connectivity index (χ2v) is 4.32. The molecule has 0 aromatic heterocycles. The maximum absolute atomic E-state index is 12.0. The van der Waals surface area contributed by atoms with E-state index in [2.05, 4.69) is 0 Å². The molecule has 5 heteroatoms. The van der Waals surface area contributed by atoms with E-state index in [9.17, 15) is 9.59 Å². The van der Waals surface area contributed by atoms with E-state index in [1.54, 1.807) is 4.90 Å². The average Bonchev–Trinajstić information content (AvgIpc) is 2.38. The number of nitrogens with zero attached hydrogens (tertiary/aromatic N) is 2. The Hall–Kier alpha value is -1.10. The maximum atomic E-state index is 12.0. The van der Waals surface area contributed by atoms with Gasteiger partial charge in [-0.2, -0.15) is 0 Å². The number of likely N-dealkylation sites (N-methyl/N-ethyl adjacent to an activating group) is 2. The highest BCUT2D eigenvalue weighted by Gasteiger charge is 2.20. The topological polar surface area (TPSA) is 49.9 Å². The molecule has 1 atom stereocenters. The zero-order chi connectivity index (χ0) is 14.1. The van der Waals surface area contributed by atoms with Gasteiger partial charge in [-0.1, -0.05) is 13.8 Å². The van der Waals surface area contributed by atoms with Crippen LogP contribution in [0.1, 0.15) is 27.7 Å². The molecule has 106 valence electrons. The Bertz CT molecular complexity index is 265. The highest BCUT2D eigenvalue weighted by Crippen LogP contribution is 2.03. The second-order valence-electron chi connectivity index (χ2n) is 4.32. The molecule has 0 rings (SSSR count). The van der Waals surface area contributed by atoms with Gasteiger partial charge in [0.2, 0.25) is 5.91 Å². The number of methoxy groups -OCH3 is 1. The molecule has 5 nitrogen and oxygen atoms in total. The van der Waals surface area contributed by atoms with Crippen molar-refractivity contribution in [2.75, 3.05) is 39.8 Å². The van der Waals surface area contributed by atoms with Crippen LogP contribution in [0.4, 0.5) is 0 Å². The molecule has 0 aliphatic carbocycles. The first kappa shape index (κ1) is 16.9. The molecule has 0 bridgehead atoms. The quantitative estimate of drug-likeness (QED) is 0.609. The summed E-state index contributed by atoms with van der Waals surface area (Å²) in [7, 11) is 1.39. The lowest BCUT2D eigenvalue weighted by atomic mass is 10.1. The standard InChI is InChI=1S/C13H26N2O3/c1-6-14(9-11(4)13(17)18-5)10-12(16)15(7-2)8-3/h11H,6-10H2,1-5H3. The first-order valence-electron chi connectivity index (χ1n) is 6.57. The van der Waals surface area contributed by atoms with Crippen LogP contribution in [0.25, 0.3) is 0 Å². The van der Waals surface area contributed by atoms with Gasteiger partial charge in [-0.3, -0.25) is 14.5 Å². The molecule has 1 unspecified atom stereocenters. The molecule has 1 amide bonds. The first-order chi connectivity index (χ1) is 8.49. The van der Waals surface area contributed by atoms with Gasteiger partial charge in [-0.15, -0.1) is 0 Å². The van der Waals surface area contributed by atoms with E-state index in [-0.39, 0.29) is 17.8 Å². The fourth-order valence-corrected chi connectivity index (χ4v) is 1.84. The molecule has 0 heterocycles. The zero-order valence-electron chi connectivity index (χ0n) is 12.2. The predicted molar refractivity (Wildman–Crippen MR) is 71.2 cm³/mol. The largest absolute Gasteiger partial charge is 0.469 e. The number of carbonyl (C=O) groups excluding carboxylic acids is 2. The van der Waals surface area contributed by atoms with E-state index >= 15 is 0 Å². The molecule has 0 fully saturated rings. The van der Waals surface area contributed by atoms with Gasteiger partial charge < -0.3 is 9.64 Å². The molecule has 0 aromatic rings. The second kappa shape index (κ2) is 8.91. The zero-order valence-corrected chi connectivity index (χ0v) is 12.2. The summed E-state index contributed by atoms with van der Waals surface area (Å²) in [4.78, 5) is 27.1. The molecular weight excluding hydrogens is 232 g/mol. The van der Waals surface area contributed by atoms with Gasteiger partial charge in [-0.05, 0) is 20.4 Å². The molecule has 0 aliphatic rings. The monoisotopic (exact) mass is 258 g/mol. The van der Waals surface area contributed by atoms with Crippen molar-refractivity contribution < 1.29 is 14.3 Å². The number of amides is 1. The van der Waals surface area contributed by atoms with Crippen LogP contribution in [0.2, 0.25) is 0 Å². The van der Waals surface area contributed by atoms with Gasteiger partial charge in [0.15, 0.2) is 0 Å². The molecule has 0 aromatic carbocycles. The van der Waals surface area contributed by atoms with Crippen LogP contribution >= 0.6 is 0 Å². The fraction of sp³-hybridized carbons (Fsp3) is 0.846. The number of hydrogen-bond acceptors (Lipinski definition) is 4. The van der Waals surface area contributed by atoms with Crippen molar-refractivity contribution >= 4 is 11.9 Å². The lowest BCUT2D eigenvalue weighted by molar-refractivity contribution is -0.146. The summed E-state index contributed by atoms with van der Waals surface area (Å²) < 4.78 is 4.69. The van der Waals surface area contributed by atoms with E-state index in [0.717, 1.165) is 19.6 Å². The van der Waals surface area contributed by atoms with Crippen molar-refractivity contribution in [3.63, 3.8) is 0 Å². The molecule has 0 radical (unpaired) electrons. The highest BCUT2D eigenvalue weighted by atomic mass is 16.5.